The minimum Gasteiger partial charge on any atom is -0.329 e. The van der Waals surface area contributed by atoms with Gasteiger partial charge in [-0.2, -0.15) is 0 Å². The van der Waals surface area contributed by atoms with Crippen molar-refractivity contribution >= 4 is 7.82 Å². The van der Waals surface area contributed by atoms with Crippen molar-refractivity contribution in [2.24, 2.45) is 0 Å². The molecule has 1 atom stereocenters. The zero-order valence-corrected chi connectivity index (χ0v) is 14.1. The SMILES string of the molecule is CCCCCCCOP(=O)(OC)OCC[N+](C)(C)C. The van der Waals surface area contributed by atoms with Crippen molar-refractivity contribution in [3.63, 3.8) is 0 Å². The molecule has 0 fully saturated rings. The monoisotopic (exact) mass is 296 g/mol. The summed E-state index contributed by atoms with van der Waals surface area (Å²) >= 11 is 0. The second-order valence-corrected chi connectivity index (χ2v) is 7.50. The molecule has 0 aliphatic carbocycles. The highest BCUT2D eigenvalue weighted by Gasteiger charge is 2.25. The maximum absolute atomic E-state index is 12.1. The number of likely N-dealkylation sites (N-methyl/N-ethyl adjacent to an activating group) is 1. The van der Waals surface area contributed by atoms with Crippen molar-refractivity contribution in [2.75, 3.05) is 48.0 Å². The zero-order valence-electron chi connectivity index (χ0n) is 13.2. The van der Waals surface area contributed by atoms with E-state index in [-0.39, 0.29) is 0 Å². The maximum atomic E-state index is 12.1. The highest BCUT2D eigenvalue weighted by atomic mass is 31.2. The summed E-state index contributed by atoms with van der Waals surface area (Å²) in [7, 11) is 4.17. The van der Waals surface area contributed by atoms with E-state index in [0.717, 1.165) is 23.9 Å². The minimum atomic E-state index is -3.35. The molecule has 0 amide bonds. The van der Waals surface area contributed by atoms with E-state index >= 15 is 0 Å². The van der Waals surface area contributed by atoms with Gasteiger partial charge in [-0.3, -0.25) is 13.6 Å². The van der Waals surface area contributed by atoms with Gasteiger partial charge in [-0.15, -0.1) is 0 Å². The lowest BCUT2D eigenvalue weighted by molar-refractivity contribution is -0.870. The van der Waals surface area contributed by atoms with Crippen molar-refractivity contribution in [3.8, 4) is 0 Å². The van der Waals surface area contributed by atoms with Gasteiger partial charge in [0.2, 0.25) is 0 Å². The third-order valence-corrected chi connectivity index (χ3v) is 4.18. The van der Waals surface area contributed by atoms with Gasteiger partial charge in [0.1, 0.15) is 13.2 Å². The number of unbranched alkanes of at least 4 members (excludes halogenated alkanes) is 4. The van der Waals surface area contributed by atoms with Crippen molar-refractivity contribution in [2.45, 2.75) is 39.0 Å². The molecular weight excluding hydrogens is 265 g/mol. The van der Waals surface area contributed by atoms with Gasteiger partial charge in [-0.05, 0) is 6.42 Å². The highest BCUT2D eigenvalue weighted by molar-refractivity contribution is 7.48. The number of hydrogen-bond donors (Lipinski definition) is 0. The Bertz CT molecular complexity index is 266. The summed E-state index contributed by atoms with van der Waals surface area (Å²) in [5.74, 6) is 0. The van der Waals surface area contributed by atoms with Crippen LogP contribution in [0, 0.1) is 0 Å². The fourth-order valence-corrected chi connectivity index (χ4v) is 2.39. The summed E-state index contributed by atoms with van der Waals surface area (Å²) in [4.78, 5) is 0. The molecule has 0 aromatic carbocycles. The first-order valence-electron chi connectivity index (χ1n) is 7.08. The Kier molecular flexibility index (Phi) is 9.93. The van der Waals surface area contributed by atoms with E-state index < -0.39 is 7.82 Å². The van der Waals surface area contributed by atoms with Gasteiger partial charge in [0.15, 0.2) is 0 Å². The Morgan fingerprint density at radius 2 is 1.53 bits per heavy atom. The lowest BCUT2D eigenvalue weighted by Crippen LogP contribution is -2.37. The molecule has 0 spiro atoms. The second kappa shape index (κ2) is 9.89. The molecule has 1 unspecified atom stereocenters. The van der Waals surface area contributed by atoms with Crippen LogP contribution < -0.4 is 0 Å². The van der Waals surface area contributed by atoms with Crippen LogP contribution in [0.1, 0.15) is 39.0 Å². The van der Waals surface area contributed by atoms with Crippen LogP contribution in [0.25, 0.3) is 0 Å². The molecule has 0 N–H and O–H groups in total. The number of hydrogen-bond acceptors (Lipinski definition) is 4. The largest absolute Gasteiger partial charge is 0.474 e. The normalized spacial score (nSPS) is 15.4. The molecule has 0 aliphatic heterocycles. The average molecular weight is 296 g/mol. The molecule has 19 heavy (non-hydrogen) atoms. The molecule has 0 aromatic heterocycles. The summed E-state index contributed by atoms with van der Waals surface area (Å²) in [6, 6.07) is 0. The Hall–Kier alpha value is 0.0700. The lowest BCUT2D eigenvalue weighted by Gasteiger charge is -2.24. The first-order valence-corrected chi connectivity index (χ1v) is 8.54. The summed E-state index contributed by atoms with van der Waals surface area (Å²) in [6.45, 7) is 3.73. The fourth-order valence-electron chi connectivity index (χ4n) is 1.45. The molecule has 0 saturated heterocycles. The van der Waals surface area contributed by atoms with Gasteiger partial charge >= 0.3 is 7.82 Å². The van der Waals surface area contributed by atoms with Crippen LogP contribution in [-0.2, 0) is 18.1 Å². The summed E-state index contributed by atoms with van der Waals surface area (Å²) in [5.41, 5.74) is 0. The van der Waals surface area contributed by atoms with Gasteiger partial charge in [0, 0.05) is 7.11 Å². The zero-order chi connectivity index (χ0) is 14.8. The van der Waals surface area contributed by atoms with E-state index in [9.17, 15) is 4.57 Å². The van der Waals surface area contributed by atoms with Crippen molar-refractivity contribution in [1.82, 2.24) is 0 Å². The van der Waals surface area contributed by atoms with E-state index in [0.29, 0.717) is 13.2 Å². The Balaban J connectivity index is 3.80. The number of nitrogens with zero attached hydrogens (tertiary/aromatic N) is 1. The number of phosphoric acid groups is 1. The Morgan fingerprint density at radius 3 is 2.05 bits per heavy atom. The molecule has 0 aliphatic rings. The Morgan fingerprint density at radius 1 is 0.947 bits per heavy atom. The summed E-state index contributed by atoms with van der Waals surface area (Å²) in [5, 5.41) is 0. The van der Waals surface area contributed by atoms with Crippen LogP contribution in [0.3, 0.4) is 0 Å². The minimum absolute atomic E-state index is 0.366. The molecule has 116 valence electrons. The van der Waals surface area contributed by atoms with Gasteiger partial charge < -0.3 is 4.48 Å². The third kappa shape index (κ3) is 11.6. The summed E-state index contributed by atoms with van der Waals surface area (Å²) < 4.78 is 28.3. The standard InChI is InChI=1S/C13H31NO4P/c1-6-7-8-9-10-12-17-19(15,16-5)18-13-11-14(2,3)4/h6-13H2,1-5H3/q+1. The van der Waals surface area contributed by atoms with Gasteiger partial charge in [-0.1, -0.05) is 32.6 Å². The molecule has 0 radical (unpaired) electrons. The van der Waals surface area contributed by atoms with Crippen LogP contribution in [0.5, 0.6) is 0 Å². The Labute approximate surface area is 118 Å². The highest BCUT2D eigenvalue weighted by Crippen LogP contribution is 2.48. The summed E-state index contributed by atoms with van der Waals surface area (Å²) in [6.07, 6.45) is 5.63. The maximum Gasteiger partial charge on any atom is 0.474 e. The topological polar surface area (TPSA) is 44.8 Å². The van der Waals surface area contributed by atoms with E-state index in [1.54, 1.807) is 0 Å². The molecule has 0 rings (SSSR count). The van der Waals surface area contributed by atoms with Crippen LogP contribution >= 0.6 is 7.82 Å². The number of rotatable bonds is 12. The molecule has 6 heteroatoms. The predicted octanol–water partition coefficient (Wildman–Crippen LogP) is 3.45. The molecular formula is C13H31NO4P+. The van der Waals surface area contributed by atoms with Crippen molar-refractivity contribution in [3.05, 3.63) is 0 Å². The molecule has 5 nitrogen and oxygen atoms in total. The van der Waals surface area contributed by atoms with Gasteiger partial charge in [0.25, 0.3) is 0 Å². The van der Waals surface area contributed by atoms with Crippen molar-refractivity contribution in [1.29, 1.82) is 0 Å². The van der Waals surface area contributed by atoms with Crippen LogP contribution in [0.2, 0.25) is 0 Å². The predicted molar refractivity (Wildman–Crippen MR) is 78.2 cm³/mol. The van der Waals surface area contributed by atoms with E-state index in [4.69, 9.17) is 13.6 Å². The fraction of sp³-hybridized carbons (Fsp3) is 1.00. The van der Waals surface area contributed by atoms with Crippen LogP contribution in [-0.4, -0.2) is 52.5 Å². The van der Waals surface area contributed by atoms with Crippen LogP contribution in [0.4, 0.5) is 0 Å². The third-order valence-electron chi connectivity index (χ3n) is 2.73. The van der Waals surface area contributed by atoms with Crippen LogP contribution in [0.15, 0.2) is 0 Å². The molecule has 0 heterocycles. The quantitative estimate of drug-likeness (QED) is 0.314. The van der Waals surface area contributed by atoms with Gasteiger partial charge in [-0.25, -0.2) is 4.57 Å². The number of quaternary nitrogens is 1. The van der Waals surface area contributed by atoms with E-state index in [1.165, 1.54) is 26.4 Å². The van der Waals surface area contributed by atoms with Crippen molar-refractivity contribution < 1.29 is 22.6 Å². The first kappa shape index (κ1) is 19.1. The average Bonchev–Trinajstić information content (AvgIpc) is 2.32. The molecule has 0 aromatic rings. The second-order valence-electron chi connectivity index (χ2n) is 5.72. The lowest BCUT2D eigenvalue weighted by atomic mass is 10.2. The molecule has 0 saturated carbocycles. The number of phosphoric ester groups is 1. The van der Waals surface area contributed by atoms with E-state index in [1.807, 2.05) is 0 Å². The molecule has 0 bridgehead atoms. The van der Waals surface area contributed by atoms with Gasteiger partial charge in [0.05, 0.1) is 27.7 Å². The first-order chi connectivity index (χ1) is 8.83. The van der Waals surface area contributed by atoms with E-state index in [2.05, 4.69) is 28.1 Å². The smallest absolute Gasteiger partial charge is 0.329 e.